The highest BCUT2D eigenvalue weighted by atomic mass is 35.5. The highest BCUT2D eigenvalue weighted by Gasteiger charge is 2.19. The van der Waals surface area contributed by atoms with E-state index >= 15 is 0 Å². The third-order valence-corrected chi connectivity index (χ3v) is 4.58. The van der Waals surface area contributed by atoms with E-state index in [9.17, 15) is 8.42 Å². The number of nitrogens with zero attached hydrogens (tertiary/aromatic N) is 2. The smallest absolute Gasteiger partial charge is 0.156 e. The highest BCUT2D eigenvalue weighted by Crippen LogP contribution is 2.22. The van der Waals surface area contributed by atoms with Crippen LogP contribution >= 0.6 is 11.6 Å². The standard InChI is InChI=1S/C10H18ClN3O2S/c1-3-14-9(10(11)8(2)13-14)7-17(15,16)6-4-5-12/h3-7,12H2,1-2H3. The van der Waals surface area contributed by atoms with Gasteiger partial charge in [0, 0.05) is 6.54 Å². The molecule has 2 N–H and O–H groups in total. The van der Waals surface area contributed by atoms with Crippen molar-refractivity contribution in [3.05, 3.63) is 16.4 Å². The van der Waals surface area contributed by atoms with Crippen LogP contribution in [0.4, 0.5) is 0 Å². The van der Waals surface area contributed by atoms with Crippen LogP contribution in [0.2, 0.25) is 5.02 Å². The topological polar surface area (TPSA) is 78.0 Å². The Kier molecular flexibility index (Phi) is 4.97. The van der Waals surface area contributed by atoms with Crippen molar-refractivity contribution in [2.75, 3.05) is 12.3 Å². The summed E-state index contributed by atoms with van der Waals surface area (Å²) in [5.41, 5.74) is 6.55. The molecule has 0 unspecified atom stereocenters. The van der Waals surface area contributed by atoms with Crippen LogP contribution in [0.25, 0.3) is 0 Å². The van der Waals surface area contributed by atoms with Gasteiger partial charge in [0.05, 0.1) is 27.9 Å². The van der Waals surface area contributed by atoms with Crippen LogP contribution < -0.4 is 5.73 Å². The Morgan fingerprint density at radius 2 is 2.12 bits per heavy atom. The molecule has 0 fully saturated rings. The molecule has 0 atom stereocenters. The van der Waals surface area contributed by atoms with Gasteiger partial charge < -0.3 is 5.73 Å². The first-order valence-corrected chi connectivity index (χ1v) is 7.73. The molecule has 7 heteroatoms. The van der Waals surface area contributed by atoms with Gasteiger partial charge in [-0.15, -0.1) is 0 Å². The van der Waals surface area contributed by atoms with Gasteiger partial charge in [0.15, 0.2) is 9.84 Å². The molecule has 0 radical (unpaired) electrons. The molecule has 0 amide bonds. The number of aryl methyl sites for hydroxylation is 2. The number of aromatic nitrogens is 2. The zero-order valence-corrected chi connectivity index (χ0v) is 11.7. The molecular weight excluding hydrogens is 262 g/mol. The van der Waals surface area contributed by atoms with Gasteiger partial charge in [-0.25, -0.2) is 8.42 Å². The van der Waals surface area contributed by atoms with E-state index in [0.29, 0.717) is 35.9 Å². The molecule has 1 aromatic heterocycles. The Bertz CT molecular complexity index is 482. The molecule has 1 heterocycles. The fourth-order valence-corrected chi connectivity index (χ4v) is 3.33. The molecule has 5 nitrogen and oxygen atoms in total. The predicted molar refractivity (Wildman–Crippen MR) is 68.8 cm³/mol. The maximum absolute atomic E-state index is 11.8. The molecular formula is C10H18ClN3O2S. The lowest BCUT2D eigenvalue weighted by Gasteiger charge is -2.06. The average Bonchev–Trinajstić information content (AvgIpc) is 2.54. The first-order valence-electron chi connectivity index (χ1n) is 5.53. The maximum Gasteiger partial charge on any atom is 0.156 e. The largest absolute Gasteiger partial charge is 0.330 e. The van der Waals surface area contributed by atoms with E-state index in [1.54, 1.807) is 11.6 Å². The minimum absolute atomic E-state index is 0.0689. The minimum atomic E-state index is -3.16. The fraction of sp³-hybridized carbons (Fsp3) is 0.700. The number of rotatable bonds is 6. The van der Waals surface area contributed by atoms with Gasteiger partial charge in [0.1, 0.15) is 0 Å². The van der Waals surface area contributed by atoms with Crippen LogP contribution in [-0.4, -0.2) is 30.5 Å². The summed E-state index contributed by atoms with van der Waals surface area (Å²) in [4.78, 5) is 0. The lowest BCUT2D eigenvalue weighted by Crippen LogP contribution is -2.15. The van der Waals surface area contributed by atoms with Crippen molar-refractivity contribution in [3.8, 4) is 0 Å². The van der Waals surface area contributed by atoms with E-state index in [4.69, 9.17) is 17.3 Å². The molecule has 0 saturated heterocycles. The Labute approximate surface area is 107 Å². The zero-order valence-electron chi connectivity index (χ0n) is 10.1. The maximum atomic E-state index is 11.8. The van der Waals surface area contributed by atoms with Gasteiger partial charge in [0.25, 0.3) is 0 Å². The molecule has 17 heavy (non-hydrogen) atoms. The fourth-order valence-electron chi connectivity index (χ4n) is 1.59. The molecule has 0 aliphatic heterocycles. The third kappa shape index (κ3) is 3.69. The molecule has 0 aromatic carbocycles. The van der Waals surface area contributed by atoms with E-state index < -0.39 is 9.84 Å². The summed E-state index contributed by atoms with van der Waals surface area (Å²) in [7, 11) is -3.16. The van der Waals surface area contributed by atoms with Crippen LogP contribution in [0.1, 0.15) is 24.7 Å². The molecule has 0 aliphatic carbocycles. The SMILES string of the molecule is CCn1nc(C)c(Cl)c1CS(=O)(=O)CCCN. The van der Waals surface area contributed by atoms with Gasteiger partial charge in [-0.1, -0.05) is 11.6 Å². The van der Waals surface area contributed by atoms with Crippen molar-refractivity contribution >= 4 is 21.4 Å². The van der Waals surface area contributed by atoms with Gasteiger partial charge in [0.2, 0.25) is 0 Å². The van der Waals surface area contributed by atoms with E-state index in [1.807, 2.05) is 6.92 Å². The summed E-state index contributed by atoms with van der Waals surface area (Å²) < 4.78 is 25.3. The van der Waals surface area contributed by atoms with Crippen molar-refractivity contribution < 1.29 is 8.42 Å². The minimum Gasteiger partial charge on any atom is -0.330 e. The van der Waals surface area contributed by atoms with Gasteiger partial charge in [-0.05, 0) is 26.8 Å². The van der Waals surface area contributed by atoms with Crippen molar-refractivity contribution in [3.63, 3.8) is 0 Å². The predicted octanol–water partition coefficient (Wildman–Crippen LogP) is 1.13. The van der Waals surface area contributed by atoms with Gasteiger partial charge in [-0.2, -0.15) is 5.10 Å². The molecule has 1 rings (SSSR count). The number of hydrogen-bond donors (Lipinski definition) is 1. The highest BCUT2D eigenvalue weighted by molar-refractivity contribution is 7.90. The second-order valence-electron chi connectivity index (χ2n) is 3.90. The normalized spacial score (nSPS) is 12.0. The van der Waals surface area contributed by atoms with Crippen LogP contribution in [0.3, 0.4) is 0 Å². The van der Waals surface area contributed by atoms with E-state index in [1.165, 1.54) is 0 Å². The molecule has 98 valence electrons. The van der Waals surface area contributed by atoms with E-state index in [0.717, 1.165) is 0 Å². The number of nitrogens with two attached hydrogens (primary N) is 1. The lowest BCUT2D eigenvalue weighted by atomic mass is 10.4. The van der Waals surface area contributed by atoms with Crippen LogP contribution in [0, 0.1) is 6.92 Å². The summed E-state index contributed by atoms with van der Waals surface area (Å²) in [6.07, 6.45) is 0.471. The van der Waals surface area contributed by atoms with Crippen molar-refractivity contribution in [1.29, 1.82) is 0 Å². The monoisotopic (exact) mass is 279 g/mol. The summed E-state index contributed by atoms with van der Waals surface area (Å²) in [5.74, 6) is 0.0221. The quantitative estimate of drug-likeness (QED) is 0.847. The Hall–Kier alpha value is -0.590. The van der Waals surface area contributed by atoms with Crippen molar-refractivity contribution in [2.24, 2.45) is 5.73 Å². The summed E-state index contributed by atoms with van der Waals surface area (Å²) in [6, 6.07) is 0. The van der Waals surface area contributed by atoms with Gasteiger partial charge >= 0.3 is 0 Å². The Balaban J connectivity index is 2.94. The second-order valence-corrected chi connectivity index (χ2v) is 6.46. The number of halogens is 1. The molecule has 0 aliphatic rings. The van der Waals surface area contributed by atoms with Crippen LogP contribution in [0.5, 0.6) is 0 Å². The Morgan fingerprint density at radius 1 is 1.47 bits per heavy atom. The summed E-state index contributed by atoms with van der Waals surface area (Å²) >= 11 is 6.06. The van der Waals surface area contributed by atoms with Gasteiger partial charge in [-0.3, -0.25) is 4.68 Å². The first-order chi connectivity index (χ1) is 7.91. The molecule has 0 spiro atoms. The Morgan fingerprint density at radius 3 is 2.65 bits per heavy atom. The molecule has 1 aromatic rings. The van der Waals surface area contributed by atoms with E-state index in [-0.39, 0.29) is 11.5 Å². The van der Waals surface area contributed by atoms with Crippen LogP contribution in [-0.2, 0) is 22.1 Å². The third-order valence-electron chi connectivity index (χ3n) is 2.47. The summed E-state index contributed by atoms with van der Waals surface area (Å²) in [6.45, 7) is 4.65. The summed E-state index contributed by atoms with van der Waals surface area (Å²) in [5, 5.41) is 4.64. The number of hydrogen-bond acceptors (Lipinski definition) is 4. The first kappa shape index (κ1) is 14.5. The van der Waals surface area contributed by atoms with E-state index in [2.05, 4.69) is 5.10 Å². The lowest BCUT2D eigenvalue weighted by molar-refractivity contribution is 0.583. The average molecular weight is 280 g/mol. The van der Waals surface area contributed by atoms with Crippen molar-refractivity contribution in [2.45, 2.75) is 32.6 Å². The van der Waals surface area contributed by atoms with Crippen LogP contribution in [0.15, 0.2) is 0 Å². The molecule has 0 saturated carbocycles. The zero-order chi connectivity index (χ0) is 13.1. The van der Waals surface area contributed by atoms with Crippen molar-refractivity contribution in [1.82, 2.24) is 9.78 Å². The second kappa shape index (κ2) is 5.84. The molecule has 0 bridgehead atoms. The number of sulfone groups is 1.